The van der Waals surface area contributed by atoms with Crippen LogP contribution in [0.25, 0.3) is 11.2 Å². The second-order valence-electron chi connectivity index (χ2n) is 7.90. The van der Waals surface area contributed by atoms with Crippen LogP contribution in [0.4, 0.5) is 0 Å². The summed E-state index contributed by atoms with van der Waals surface area (Å²) in [7, 11) is 1.79. The van der Waals surface area contributed by atoms with Gasteiger partial charge in [0.25, 0.3) is 0 Å². The summed E-state index contributed by atoms with van der Waals surface area (Å²) in [5, 5.41) is 0. The van der Waals surface area contributed by atoms with Gasteiger partial charge < -0.3 is 4.90 Å². The predicted molar refractivity (Wildman–Crippen MR) is 101 cm³/mol. The van der Waals surface area contributed by atoms with Gasteiger partial charge in [0.2, 0.25) is 5.91 Å². The van der Waals surface area contributed by atoms with Crippen molar-refractivity contribution in [2.75, 3.05) is 13.1 Å². The van der Waals surface area contributed by atoms with Crippen LogP contribution in [0.2, 0.25) is 0 Å². The molecule has 2 aliphatic rings. The summed E-state index contributed by atoms with van der Waals surface area (Å²) in [4.78, 5) is 32.0. The molecule has 1 amide bonds. The fraction of sp³-hybridized carbons (Fsp3) is 0.650. The molecule has 0 bridgehead atoms. The molecule has 2 fully saturated rings. The first-order valence-electron chi connectivity index (χ1n) is 9.95. The van der Waals surface area contributed by atoms with E-state index in [1.165, 1.54) is 32.1 Å². The summed E-state index contributed by atoms with van der Waals surface area (Å²) in [6.45, 7) is 1.44. The molecule has 6 heteroatoms. The van der Waals surface area contributed by atoms with Gasteiger partial charge in [-0.3, -0.25) is 13.9 Å². The molecule has 1 saturated carbocycles. The Bertz CT molecular complexity index is 847. The molecule has 2 aromatic rings. The first kappa shape index (κ1) is 17.3. The molecule has 2 aromatic heterocycles. The molecule has 1 saturated heterocycles. The van der Waals surface area contributed by atoms with Crippen LogP contribution in [0.5, 0.6) is 0 Å². The molecule has 1 atom stereocenters. The Hall–Kier alpha value is -2.11. The zero-order valence-electron chi connectivity index (χ0n) is 15.6. The first-order valence-corrected chi connectivity index (χ1v) is 9.95. The van der Waals surface area contributed by atoms with Gasteiger partial charge in [-0.15, -0.1) is 0 Å². The summed E-state index contributed by atoms with van der Waals surface area (Å²) >= 11 is 0. The van der Waals surface area contributed by atoms with Gasteiger partial charge >= 0.3 is 5.69 Å². The molecule has 0 spiro atoms. The minimum absolute atomic E-state index is 0.0187. The minimum atomic E-state index is -0.0368. The Kier molecular flexibility index (Phi) is 4.83. The molecule has 0 unspecified atom stereocenters. The van der Waals surface area contributed by atoms with Crippen molar-refractivity contribution in [3.63, 3.8) is 0 Å². The third-order valence-electron chi connectivity index (χ3n) is 6.15. The van der Waals surface area contributed by atoms with E-state index in [-0.39, 0.29) is 17.6 Å². The molecule has 26 heavy (non-hydrogen) atoms. The maximum absolute atomic E-state index is 12.8. The number of aromatic nitrogens is 3. The predicted octanol–water partition coefficient (Wildman–Crippen LogP) is 2.87. The lowest BCUT2D eigenvalue weighted by molar-refractivity contribution is -0.134. The van der Waals surface area contributed by atoms with Crippen LogP contribution >= 0.6 is 0 Å². The molecule has 4 rings (SSSR count). The fourth-order valence-corrected chi connectivity index (χ4v) is 4.68. The molecule has 0 N–H and O–H groups in total. The largest absolute Gasteiger partial charge is 0.341 e. The Morgan fingerprint density at radius 2 is 2.00 bits per heavy atom. The third kappa shape index (κ3) is 3.17. The lowest BCUT2D eigenvalue weighted by Gasteiger charge is -2.34. The second-order valence-corrected chi connectivity index (χ2v) is 7.90. The van der Waals surface area contributed by atoms with Crippen molar-refractivity contribution < 1.29 is 4.79 Å². The molecule has 1 aliphatic carbocycles. The normalized spacial score (nSPS) is 22.0. The van der Waals surface area contributed by atoms with Crippen molar-refractivity contribution in [2.24, 2.45) is 13.0 Å². The van der Waals surface area contributed by atoms with Gasteiger partial charge in [0.05, 0.1) is 11.6 Å². The Morgan fingerprint density at radius 1 is 1.19 bits per heavy atom. The van der Waals surface area contributed by atoms with Gasteiger partial charge in [-0.05, 0) is 43.7 Å². The van der Waals surface area contributed by atoms with Crippen molar-refractivity contribution in [2.45, 2.75) is 57.4 Å². The number of carbonyl (C=O) groups excluding carboxylic acids is 1. The maximum atomic E-state index is 12.8. The highest BCUT2D eigenvalue weighted by Crippen LogP contribution is 2.29. The number of aryl methyl sites for hydroxylation is 1. The highest BCUT2D eigenvalue weighted by molar-refractivity contribution is 5.76. The number of likely N-dealkylation sites (tertiary alicyclic amines) is 1. The monoisotopic (exact) mass is 356 g/mol. The zero-order valence-corrected chi connectivity index (χ0v) is 15.6. The topological polar surface area (TPSA) is 60.1 Å². The van der Waals surface area contributed by atoms with Gasteiger partial charge in [0.1, 0.15) is 0 Å². The van der Waals surface area contributed by atoms with Crippen LogP contribution < -0.4 is 5.69 Å². The smallest absolute Gasteiger partial charge is 0.330 e. The van der Waals surface area contributed by atoms with Crippen molar-refractivity contribution in [1.82, 2.24) is 19.0 Å². The van der Waals surface area contributed by atoms with Crippen LogP contribution in [-0.4, -0.2) is 38.0 Å². The van der Waals surface area contributed by atoms with E-state index in [1.54, 1.807) is 22.4 Å². The number of piperidine rings is 1. The van der Waals surface area contributed by atoms with Crippen molar-refractivity contribution in [3.8, 4) is 0 Å². The van der Waals surface area contributed by atoms with E-state index in [1.807, 2.05) is 17.0 Å². The number of amides is 1. The Balaban J connectivity index is 1.53. The number of hydrogen-bond acceptors (Lipinski definition) is 3. The van der Waals surface area contributed by atoms with Crippen molar-refractivity contribution in [1.29, 1.82) is 0 Å². The van der Waals surface area contributed by atoms with Crippen LogP contribution in [0, 0.1) is 5.92 Å². The molecular weight excluding hydrogens is 328 g/mol. The van der Waals surface area contributed by atoms with E-state index in [4.69, 9.17) is 0 Å². The van der Waals surface area contributed by atoms with E-state index in [0.29, 0.717) is 18.9 Å². The average Bonchev–Trinajstić information content (AvgIpc) is 2.94. The van der Waals surface area contributed by atoms with E-state index < -0.39 is 0 Å². The molecule has 140 valence electrons. The quantitative estimate of drug-likeness (QED) is 0.850. The van der Waals surface area contributed by atoms with Crippen LogP contribution in [0.15, 0.2) is 23.1 Å². The minimum Gasteiger partial charge on any atom is -0.341 e. The number of carbonyl (C=O) groups is 1. The molecule has 0 radical (unpaired) electrons. The van der Waals surface area contributed by atoms with Crippen LogP contribution in [0.3, 0.4) is 0 Å². The lowest BCUT2D eigenvalue weighted by Crippen LogP contribution is -2.43. The SMILES string of the molecule is Cn1c(=O)n([C@H]2CCCN(C(=O)CC3CCCCC3)C2)c2ncccc21. The molecule has 0 aromatic carbocycles. The Labute approximate surface area is 153 Å². The number of nitrogens with zero attached hydrogens (tertiary/aromatic N) is 4. The van der Waals surface area contributed by atoms with Gasteiger partial charge in [0, 0.05) is 32.8 Å². The van der Waals surface area contributed by atoms with Gasteiger partial charge in [-0.1, -0.05) is 19.3 Å². The number of fused-ring (bicyclic) bond motifs is 1. The number of hydrogen-bond donors (Lipinski definition) is 0. The second kappa shape index (κ2) is 7.25. The molecule has 6 nitrogen and oxygen atoms in total. The van der Waals surface area contributed by atoms with E-state index in [9.17, 15) is 9.59 Å². The molecule has 3 heterocycles. The number of pyridine rings is 1. The van der Waals surface area contributed by atoms with Crippen LogP contribution in [-0.2, 0) is 11.8 Å². The number of rotatable bonds is 3. The summed E-state index contributed by atoms with van der Waals surface area (Å²) in [5.41, 5.74) is 1.54. The van der Waals surface area contributed by atoms with Crippen molar-refractivity contribution >= 4 is 17.1 Å². The lowest BCUT2D eigenvalue weighted by atomic mass is 9.86. The fourth-order valence-electron chi connectivity index (χ4n) is 4.68. The van der Waals surface area contributed by atoms with Gasteiger partial charge in [0.15, 0.2) is 5.65 Å². The Morgan fingerprint density at radius 3 is 2.81 bits per heavy atom. The zero-order chi connectivity index (χ0) is 18.1. The van der Waals surface area contributed by atoms with E-state index >= 15 is 0 Å². The van der Waals surface area contributed by atoms with Crippen LogP contribution in [0.1, 0.15) is 57.4 Å². The van der Waals surface area contributed by atoms with Crippen molar-refractivity contribution in [3.05, 3.63) is 28.8 Å². The van der Waals surface area contributed by atoms with Gasteiger partial charge in [-0.25, -0.2) is 9.78 Å². The van der Waals surface area contributed by atoms with Gasteiger partial charge in [-0.2, -0.15) is 0 Å². The average molecular weight is 356 g/mol. The summed E-state index contributed by atoms with van der Waals surface area (Å²) in [6, 6.07) is 3.80. The third-order valence-corrected chi connectivity index (χ3v) is 6.15. The highest BCUT2D eigenvalue weighted by atomic mass is 16.2. The van der Waals surface area contributed by atoms with E-state index in [2.05, 4.69) is 4.98 Å². The molecular formula is C20H28N4O2. The standard InChI is InChI=1S/C20H28N4O2/c1-22-17-10-5-11-21-19(17)24(20(22)26)16-9-6-12-23(14-16)18(25)13-15-7-3-2-4-8-15/h5,10-11,15-16H,2-4,6-9,12-14H2,1H3/t16-/m0/s1. The highest BCUT2D eigenvalue weighted by Gasteiger charge is 2.29. The summed E-state index contributed by atoms with van der Waals surface area (Å²) in [5.74, 6) is 0.821. The summed E-state index contributed by atoms with van der Waals surface area (Å²) in [6.07, 6.45) is 10.5. The number of imidazole rings is 1. The summed E-state index contributed by atoms with van der Waals surface area (Å²) < 4.78 is 3.46. The molecule has 1 aliphatic heterocycles. The van der Waals surface area contributed by atoms with E-state index in [0.717, 1.165) is 30.6 Å². The maximum Gasteiger partial charge on any atom is 0.330 e. The first-order chi connectivity index (χ1) is 12.6.